The Bertz CT molecular complexity index is 1250. The van der Waals surface area contributed by atoms with Crippen molar-refractivity contribution in [1.82, 2.24) is 24.5 Å². The molecule has 4 aromatic rings. The number of nitrogens with zero attached hydrogens (tertiary/aromatic N) is 4. The summed E-state index contributed by atoms with van der Waals surface area (Å²) in [6.45, 7) is 2.49. The number of benzene rings is 2. The molecule has 0 radical (unpaired) electrons. The first-order valence-electron chi connectivity index (χ1n) is 9.09. The van der Waals surface area contributed by atoms with Crippen LogP contribution in [-0.2, 0) is 10.0 Å². The standard InChI is InChI=1S/C20H20N6O2S/c1-15-9-12-26(25-15)20-13-19(22-14-23-20)21-10-11-24-29(27,28)18-8-4-6-16-5-2-3-7-17(16)18/h2-9,12-14,24H,10-11H2,1H3,(H,21,22,23). The SMILES string of the molecule is Cc1ccn(-c2cc(NCCNS(=O)(=O)c3cccc4ccccc34)ncn2)n1. The minimum Gasteiger partial charge on any atom is -0.369 e. The molecule has 29 heavy (non-hydrogen) atoms. The third kappa shape index (κ3) is 4.25. The second-order valence-electron chi connectivity index (χ2n) is 6.46. The van der Waals surface area contributed by atoms with Crippen LogP contribution in [0.1, 0.15) is 5.69 Å². The summed E-state index contributed by atoms with van der Waals surface area (Å²) in [5.74, 6) is 1.22. The molecule has 8 nitrogen and oxygen atoms in total. The van der Waals surface area contributed by atoms with Crippen molar-refractivity contribution in [2.75, 3.05) is 18.4 Å². The van der Waals surface area contributed by atoms with Crippen LogP contribution >= 0.6 is 0 Å². The van der Waals surface area contributed by atoms with Gasteiger partial charge >= 0.3 is 0 Å². The summed E-state index contributed by atoms with van der Waals surface area (Å²) in [6, 6.07) is 16.3. The monoisotopic (exact) mass is 408 g/mol. The Morgan fingerprint density at radius 3 is 2.66 bits per heavy atom. The molecule has 0 bridgehead atoms. The summed E-state index contributed by atoms with van der Waals surface area (Å²) in [7, 11) is -3.63. The quantitative estimate of drug-likeness (QED) is 0.456. The zero-order chi connectivity index (χ0) is 20.3. The van der Waals surface area contributed by atoms with Gasteiger partial charge in [-0.25, -0.2) is 27.8 Å². The average molecular weight is 408 g/mol. The molecule has 0 saturated heterocycles. The van der Waals surface area contributed by atoms with E-state index in [0.29, 0.717) is 23.6 Å². The maximum atomic E-state index is 12.7. The molecular formula is C20H20N6O2S. The van der Waals surface area contributed by atoms with Gasteiger partial charge < -0.3 is 5.32 Å². The zero-order valence-corrected chi connectivity index (χ0v) is 16.6. The Labute approximate surface area is 168 Å². The minimum atomic E-state index is -3.63. The summed E-state index contributed by atoms with van der Waals surface area (Å²) in [6.07, 6.45) is 3.26. The molecule has 2 aromatic carbocycles. The fourth-order valence-electron chi connectivity index (χ4n) is 3.00. The van der Waals surface area contributed by atoms with Crippen LogP contribution in [0.25, 0.3) is 16.6 Å². The average Bonchev–Trinajstić information content (AvgIpc) is 3.17. The number of aromatic nitrogens is 4. The Morgan fingerprint density at radius 1 is 1.00 bits per heavy atom. The Morgan fingerprint density at radius 2 is 1.83 bits per heavy atom. The van der Waals surface area contributed by atoms with Gasteiger partial charge in [0, 0.05) is 30.7 Å². The lowest BCUT2D eigenvalue weighted by Gasteiger charge is -2.11. The molecule has 2 heterocycles. The predicted octanol–water partition coefficient (Wildman–Crippen LogP) is 2.51. The highest BCUT2D eigenvalue weighted by Gasteiger charge is 2.16. The van der Waals surface area contributed by atoms with Gasteiger partial charge in [-0.05, 0) is 24.4 Å². The largest absolute Gasteiger partial charge is 0.369 e. The lowest BCUT2D eigenvalue weighted by molar-refractivity contribution is 0.584. The summed E-state index contributed by atoms with van der Waals surface area (Å²) < 4.78 is 29.7. The number of hydrogen-bond donors (Lipinski definition) is 2. The van der Waals surface area contributed by atoms with Gasteiger partial charge in [0.1, 0.15) is 12.1 Å². The van der Waals surface area contributed by atoms with E-state index in [-0.39, 0.29) is 11.4 Å². The van der Waals surface area contributed by atoms with E-state index in [1.165, 1.54) is 6.33 Å². The molecule has 148 valence electrons. The molecule has 9 heteroatoms. The van der Waals surface area contributed by atoms with Gasteiger partial charge in [-0.3, -0.25) is 0 Å². The van der Waals surface area contributed by atoms with Gasteiger partial charge in [0.2, 0.25) is 10.0 Å². The van der Waals surface area contributed by atoms with Crippen LogP contribution < -0.4 is 10.0 Å². The van der Waals surface area contributed by atoms with E-state index in [2.05, 4.69) is 25.1 Å². The van der Waals surface area contributed by atoms with Crippen molar-refractivity contribution >= 4 is 26.6 Å². The van der Waals surface area contributed by atoms with Gasteiger partial charge in [0.25, 0.3) is 0 Å². The molecule has 0 saturated carbocycles. The van der Waals surface area contributed by atoms with E-state index in [4.69, 9.17) is 0 Å². The van der Waals surface area contributed by atoms with E-state index in [9.17, 15) is 8.42 Å². The van der Waals surface area contributed by atoms with Crippen molar-refractivity contribution in [3.8, 4) is 5.82 Å². The lowest BCUT2D eigenvalue weighted by Crippen LogP contribution is -2.29. The van der Waals surface area contributed by atoms with Crippen LogP contribution in [0.15, 0.2) is 72.0 Å². The molecule has 2 aromatic heterocycles. The number of nitrogens with one attached hydrogen (secondary N) is 2. The maximum Gasteiger partial charge on any atom is 0.241 e. The number of hydrogen-bond acceptors (Lipinski definition) is 6. The molecule has 0 aliphatic rings. The molecule has 0 fully saturated rings. The molecule has 0 spiro atoms. The smallest absolute Gasteiger partial charge is 0.241 e. The van der Waals surface area contributed by atoms with Crippen LogP contribution in [0.3, 0.4) is 0 Å². The van der Waals surface area contributed by atoms with Crippen LogP contribution in [0.5, 0.6) is 0 Å². The van der Waals surface area contributed by atoms with Gasteiger partial charge in [0.15, 0.2) is 5.82 Å². The summed E-state index contributed by atoms with van der Waals surface area (Å²) in [4.78, 5) is 8.63. The third-order valence-electron chi connectivity index (χ3n) is 4.37. The topological polar surface area (TPSA) is 102 Å². The summed E-state index contributed by atoms with van der Waals surface area (Å²) in [5.41, 5.74) is 0.890. The van der Waals surface area contributed by atoms with E-state index in [0.717, 1.165) is 11.1 Å². The normalized spacial score (nSPS) is 11.6. The van der Waals surface area contributed by atoms with Gasteiger partial charge in [0.05, 0.1) is 10.6 Å². The van der Waals surface area contributed by atoms with Gasteiger partial charge in [-0.1, -0.05) is 36.4 Å². The van der Waals surface area contributed by atoms with Crippen molar-refractivity contribution < 1.29 is 8.42 Å². The molecule has 0 unspecified atom stereocenters. The molecule has 4 rings (SSSR count). The molecule has 0 amide bonds. The third-order valence-corrected chi connectivity index (χ3v) is 5.89. The number of anilines is 1. The fourth-order valence-corrected chi connectivity index (χ4v) is 4.25. The maximum absolute atomic E-state index is 12.7. The van der Waals surface area contributed by atoms with Crippen molar-refractivity contribution in [1.29, 1.82) is 0 Å². The highest BCUT2D eigenvalue weighted by molar-refractivity contribution is 7.89. The van der Waals surface area contributed by atoms with Crippen LogP contribution in [0, 0.1) is 6.92 Å². The second-order valence-corrected chi connectivity index (χ2v) is 8.20. The Hall–Kier alpha value is -3.30. The van der Waals surface area contributed by atoms with Gasteiger partial charge in [-0.2, -0.15) is 5.10 Å². The lowest BCUT2D eigenvalue weighted by atomic mass is 10.1. The molecule has 0 aliphatic carbocycles. The van der Waals surface area contributed by atoms with Crippen LogP contribution in [-0.4, -0.2) is 41.3 Å². The fraction of sp³-hybridized carbons (Fsp3) is 0.150. The highest BCUT2D eigenvalue weighted by Crippen LogP contribution is 2.22. The number of rotatable bonds is 7. The van der Waals surface area contributed by atoms with Crippen molar-refractivity contribution in [3.63, 3.8) is 0 Å². The number of fused-ring (bicyclic) bond motifs is 1. The van der Waals surface area contributed by atoms with Crippen LogP contribution in [0.2, 0.25) is 0 Å². The minimum absolute atomic E-state index is 0.214. The van der Waals surface area contributed by atoms with E-state index >= 15 is 0 Å². The molecule has 2 N–H and O–H groups in total. The molecular weight excluding hydrogens is 388 g/mol. The van der Waals surface area contributed by atoms with Gasteiger partial charge in [-0.15, -0.1) is 0 Å². The van der Waals surface area contributed by atoms with Crippen molar-refractivity contribution in [2.24, 2.45) is 0 Å². The molecule has 0 aliphatic heterocycles. The number of aryl methyl sites for hydroxylation is 1. The number of sulfonamides is 1. The van der Waals surface area contributed by atoms with E-state index in [1.807, 2.05) is 49.5 Å². The molecule has 0 atom stereocenters. The van der Waals surface area contributed by atoms with Crippen molar-refractivity contribution in [3.05, 3.63) is 72.8 Å². The zero-order valence-electron chi connectivity index (χ0n) is 15.8. The summed E-state index contributed by atoms with van der Waals surface area (Å²) in [5, 5.41) is 9.00. The Kier molecular flexibility index (Phi) is 5.24. The highest BCUT2D eigenvalue weighted by atomic mass is 32.2. The Balaban J connectivity index is 1.40. The first kappa shape index (κ1) is 19.0. The second kappa shape index (κ2) is 7.98. The first-order valence-corrected chi connectivity index (χ1v) is 10.6. The first-order chi connectivity index (χ1) is 14.0. The summed E-state index contributed by atoms with van der Waals surface area (Å²) >= 11 is 0. The predicted molar refractivity (Wildman–Crippen MR) is 112 cm³/mol. The van der Waals surface area contributed by atoms with Crippen LogP contribution in [0.4, 0.5) is 5.82 Å². The van der Waals surface area contributed by atoms with E-state index < -0.39 is 10.0 Å². The van der Waals surface area contributed by atoms with E-state index in [1.54, 1.807) is 22.9 Å². The van der Waals surface area contributed by atoms with Crippen molar-refractivity contribution in [2.45, 2.75) is 11.8 Å².